The summed E-state index contributed by atoms with van der Waals surface area (Å²) in [4.78, 5) is 27.8. The minimum atomic E-state index is -0.859. The van der Waals surface area contributed by atoms with E-state index in [0.29, 0.717) is 13.0 Å². The first-order valence-electron chi connectivity index (χ1n) is 6.74. The predicted octanol–water partition coefficient (Wildman–Crippen LogP) is 1.32. The molecule has 2 N–H and O–H groups in total. The third kappa shape index (κ3) is 2.35. The zero-order valence-electron chi connectivity index (χ0n) is 10.9. The van der Waals surface area contributed by atoms with Crippen LogP contribution in [0.5, 0.6) is 0 Å². The summed E-state index contributed by atoms with van der Waals surface area (Å²) in [7, 11) is 0. The van der Waals surface area contributed by atoms with E-state index in [1.54, 1.807) is 17.5 Å². The Hall–Kier alpha value is -1.69. The Morgan fingerprint density at radius 1 is 1.35 bits per heavy atom. The number of fused-ring (bicyclic) bond motifs is 2. The molecule has 1 fully saturated rings. The van der Waals surface area contributed by atoms with E-state index < -0.39 is 17.8 Å². The molecule has 2 aliphatic rings. The molecule has 3 rings (SSSR count). The Balaban J connectivity index is 1.59. The summed E-state index contributed by atoms with van der Waals surface area (Å²) in [5.41, 5.74) is 0. The molecule has 1 aromatic heterocycles. The van der Waals surface area contributed by atoms with Gasteiger partial charge in [0.05, 0.1) is 16.8 Å². The van der Waals surface area contributed by atoms with E-state index in [1.165, 1.54) is 0 Å². The fraction of sp³-hybridized carbons (Fsp3) is 0.500. The maximum atomic E-state index is 12.3. The number of carboxylic acids is 1. The number of carbonyl (C=O) groups excluding carboxylic acids is 1. The van der Waals surface area contributed by atoms with Gasteiger partial charge in [0.25, 0.3) is 0 Å². The van der Waals surface area contributed by atoms with Gasteiger partial charge in [-0.1, -0.05) is 12.2 Å². The highest BCUT2D eigenvalue weighted by atomic mass is 32.1. The van der Waals surface area contributed by atoms with Crippen LogP contribution in [-0.4, -0.2) is 28.5 Å². The minimum Gasteiger partial charge on any atom is -0.481 e. The van der Waals surface area contributed by atoms with E-state index in [4.69, 9.17) is 0 Å². The summed E-state index contributed by atoms with van der Waals surface area (Å²) in [6.45, 7) is 0.510. The van der Waals surface area contributed by atoms with Gasteiger partial charge in [0, 0.05) is 24.5 Å². The number of aliphatic carboxylic acids is 1. The highest BCUT2D eigenvalue weighted by Crippen LogP contribution is 2.48. The van der Waals surface area contributed by atoms with Crippen molar-refractivity contribution in [3.05, 3.63) is 28.7 Å². The zero-order chi connectivity index (χ0) is 14.1. The second-order valence-corrected chi connectivity index (χ2v) is 6.28. The smallest absolute Gasteiger partial charge is 0.307 e. The summed E-state index contributed by atoms with van der Waals surface area (Å²) >= 11 is 1.56. The number of carbonyl (C=O) groups is 2. The first-order valence-corrected chi connectivity index (χ1v) is 7.62. The van der Waals surface area contributed by atoms with E-state index >= 15 is 0 Å². The molecule has 20 heavy (non-hydrogen) atoms. The lowest BCUT2D eigenvalue weighted by atomic mass is 9.82. The van der Waals surface area contributed by atoms with Crippen molar-refractivity contribution in [3.63, 3.8) is 0 Å². The van der Waals surface area contributed by atoms with E-state index in [-0.39, 0.29) is 17.7 Å². The van der Waals surface area contributed by atoms with Crippen molar-refractivity contribution < 1.29 is 14.7 Å². The van der Waals surface area contributed by atoms with Crippen molar-refractivity contribution in [2.75, 3.05) is 6.54 Å². The van der Waals surface area contributed by atoms with Gasteiger partial charge in [-0.3, -0.25) is 9.59 Å². The Kier molecular flexibility index (Phi) is 3.56. The first-order chi connectivity index (χ1) is 9.66. The number of rotatable bonds is 5. The van der Waals surface area contributed by atoms with E-state index in [9.17, 15) is 14.7 Å². The lowest BCUT2D eigenvalue weighted by Crippen LogP contribution is -2.40. The van der Waals surface area contributed by atoms with Crippen LogP contribution in [0.25, 0.3) is 0 Å². The van der Waals surface area contributed by atoms with Gasteiger partial charge in [-0.15, -0.1) is 11.3 Å². The number of aromatic nitrogens is 1. The normalized spacial score (nSPS) is 30.6. The summed E-state index contributed by atoms with van der Waals surface area (Å²) < 4.78 is 0. The Bertz CT molecular complexity index is 541. The SMILES string of the molecule is O=C(O)[C@@H]1C2C=CC(C2)[C@@H]1C(=O)NCCc1nccs1. The molecule has 1 amide bonds. The molecule has 1 aromatic rings. The van der Waals surface area contributed by atoms with Gasteiger partial charge in [-0.05, 0) is 18.3 Å². The molecule has 0 aliphatic heterocycles. The van der Waals surface area contributed by atoms with Crippen LogP contribution >= 0.6 is 11.3 Å². The van der Waals surface area contributed by atoms with Gasteiger partial charge < -0.3 is 10.4 Å². The van der Waals surface area contributed by atoms with Crippen LogP contribution in [0.3, 0.4) is 0 Å². The van der Waals surface area contributed by atoms with Gasteiger partial charge in [-0.2, -0.15) is 0 Å². The van der Waals surface area contributed by atoms with Gasteiger partial charge in [0.15, 0.2) is 0 Å². The molecule has 6 heteroatoms. The molecular formula is C14H16N2O3S. The van der Waals surface area contributed by atoms with Crippen LogP contribution in [0, 0.1) is 23.7 Å². The molecule has 4 atom stereocenters. The number of hydrogen-bond donors (Lipinski definition) is 2. The maximum Gasteiger partial charge on any atom is 0.307 e. The molecule has 0 saturated heterocycles. The monoisotopic (exact) mass is 292 g/mol. The number of carboxylic acid groups (broad SMARTS) is 1. The number of hydrogen-bond acceptors (Lipinski definition) is 4. The molecule has 5 nitrogen and oxygen atoms in total. The molecule has 2 aliphatic carbocycles. The fourth-order valence-electron chi connectivity index (χ4n) is 3.30. The van der Waals surface area contributed by atoms with Gasteiger partial charge >= 0.3 is 5.97 Å². The molecule has 2 bridgehead atoms. The van der Waals surface area contributed by atoms with E-state index in [0.717, 1.165) is 11.4 Å². The predicted molar refractivity (Wildman–Crippen MR) is 74.2 cm³/mol. The van der Waals surface area contributed by atoms with Gasteiger partial charge in [-0.25, -0.2) is 4.98 Å². The van der Waals surface area contributed by atoms with Crippen molar-refractivity contribution in [2.45, 2.75) is 12.8 Å². The summed E-state index contributed by atoms with van der Waals surface area (Å²) in [6, 6.07) is 0. The lowest BCUT2D eigenvalue weighted by Gasteiger charge is -2.23. The van der Waals surface area contributed by atoms with Crippen molar-refractivity contribution >= 4 is 23.2 Å². The first kappa shape index (κ1) is 13.3. The number of nitrogens with zero attached hydrogens (tertiary/aromatic N) is 1. The molecular weight excluding hydrogens is 276 g/mol. The third-order valence-corrected chi connectivity index (χ3v) is 5.01. The van der Waals surface area contributed by atoms with Crippen LogP contribution in [0.2, 0.25) is 0 Å². The highest BCUT2D eigenvalue weighted by Gasteiger charge is 2.51. The summed E-state index contributed by atoms with van der Waals surface area (Å²) in [5.74, 6) is -1.87. The Morgan fingerprint density at radius 2 is 2.10 bits per heavy atom. The highest BCUT2D eigenvalue weighted by molar-refractivity contribution is 7.09. The molecule has 0 radical (unpaired) electrons. The van der Waals surface area contributed by atoms with Crippen LogP contribution in [-0.2, 0) is 16.0 Å². The zero-order valence-corrected chi connectivity index (χ0v) is 11.7. The molecule has 1 heterocycles. The topological polar surface area (TPSA) is 79.3 Å². The van der Waals surface area contributed by atoms with Crippen LogP contribution in [0.15, 0.2) is 23.7 Å². The standard InChI is InChI=1S/C14H16N2O3S/c17-13(16-4-3-10-15-5-6-20-10)11-8-1-2-9(7-8)12(11)14(18)19/h1-2,5-6,8-9,11-12H,3-4,7H2,(H,16,17)(H,18,19)/t8?,9?,11-,12+/m0/s1. The Morgan fingerprint density at radius 3 is 2.75 bits per heavy atom. The van der Waals surface area contributed by atoms with Crippen LogP contribution < -0.4 is 5.32 Å². The number of amides is 1. The second kappa shape index (κ2) is 5.36. The minimum absolute atomic E-state index is 0.0206. The summed E-state index contributed by atoms with van der Waals surface area (Å²) in [6.07, 6.45) is 7.17. The lowest BCUT2D eigenvalue weighted by molar-refractivity contribution is -0.147. The summed E-state index contributed by atoms with van der Waals surface area (Å²) in [5, 5.41) is 15.1. The van der Waals surface area contributed by atoms with Crippen molar-refractivity contribution in [1.29, 1.82) is 0 Å². The number of nitrogens with one attached hydrogen (secondary N) is 1. The average molecular weight is 292 g/mol. The van der Waals surface area contributed by atoms with Crippen LogP contribution in [0.1, 0.15) is 11.4 Å². The Labute approximate surface area is 120 Å². The quantitative estimate of drug-likeness (QED) is 0.802. The van der Waals surface area contributed by atoms with E-state index in [1.807, 2.05) is 17.5 Å². The largest absolute Gasteiger partial charge is 0.481 e. The van der Waals surface area contributed by atoms with Crippen LogP contribution in [0.4, 0.5) is 0 Å². The number of allylic oxidation sites excluding steroid dienone is 2. The maximum absolute atomic E-state index is 12.3. The molecule has 1 saturated carbocycles. The molecule has 106 valence electrons. The molecule has 2 unspecified atom stereocenters. The second-order valence-electron chi connectivity index (χ2n) is 5.30. The van der Waals surface area contributed by atoms with Crippen molar-refractivity contribution in [3.8, 4) is 0 Å². The van der Waals surface area contributed by atoms with Gasteiger partial charge in [0.2, 0.25) is 5.91 Å². The van der Waals surface area contributed by atoms with Crippen molar-refractivity contribution in [2.24, 2.45) is 23.7 Å². The average Bonchev–Trinajstić information content (AvgIpc) is 3.13. The molecule has 0 spiro atoms. The molecule has 0 aromatic carbocycles. The third-order valence-electron chi connectivity index (χ3n) is 4.17. The number of thiazole rings is 1. The fourth-order valence-corrected chi connectivity index (χ4v) is 3.92. The van der Waals surface area contributed by atoms with Gasteiger partial charge in [0.1, 0.15) is 0 Å². The van der Waals surface area contributed by atoms with Crippen molar-refractivity contribution in [1.82, 2.24) is 10.3 Å². The van der Waals surface area contributed by atoms with E-state index in [2.05, 4.69) is 10.3 Å².